The van der Waals surface area contributed by atoms with E-state index in [0.29, 0.717) is 37.8 Å². The fourth-order valence-corrected chi connectivity index (χ4v) is 8.39. The minimum absolute atomic E-state index is 0.146. The molecule has 53 heavy (non-hydrogen) atoms. The largest absolute Gasteiger partial charge is 0.490 e. The Morgan fingerprint density at radius 3 is 2.13 bits per heavy atom. The summed E-state index contributed by atoms with van der Waals surface area (Å²) in [6.07, 6.45) is 3.60. The van der Waals surface area contributed by atoms with Crippen molar-refractivity contribution in [2.75, 3.05) is 39.3 Å². The lowest BCUT2D eigenvalue weighted by atomic mass is 9.75. The van der Waals surface area contributed by atoms with E-state index in [1.165, 1.54) is 37.0 Å². The standard InChI is InChI=1S/C35H48F3N5O3.C2HF3O2/c1-2-3-12-27-25-42(24-26-10-6-4-7-11-26)33(45)46-34(27)17-21-40(22-18-34)28-15-19-41(20-16-28)32(44)30-23-39-43(31(30)35(36,37)38)29-13-8-5-9-14-29;3-2(4,5)1(6)7/h5,8-9,13-14,23,26-28H,2-4,6-7,10-12,15-22,24-25H2,1H3;(H,6,7). The minimum Gasteiger partial charge on any atom is -0.475 e. The Labute approximate surface area is 305 Å². The van der Waals surface area contributed by atoms with E-state index in [1.807, 2.05) is 4.90 Å². The van der Waals surface area contributed by atoms with Crippen molar-refractivity contribution >= 4 is 18.0 Å². The lowest BCUT2D eigenvalue weighted by Gasteiger charge is -2.52. The Kier molecular flexibility index (Phi) is 13.0. The van der Waals surface area contributed by atoms with Gasteiger partial charge in [0.15, 0.2) is 5.69 Å². The third-order valence-corrected chi connectivity index (χ3v) is 11.3. The fourth-order valence-electron chi connectivity index (χ4n) is 8.39. The number of carboxylic acids is 1. The van der Waals surface area contributed by atoms with Gasteiger partial charge in [0.2, 0.25) is 0 Å². The van der Waals surface area contributed by atoms with Gasteiger partial charge in [-0.2, -0.15) is 31.4 Å². The van der Waals surface area contributed by atoms with E-state index in [2.05, 4.69) is 16.9 Å². The van der Waals surface area contributed by atoms with Crippen LogP contribution in [-0.4, -0.2) is 105 Å². The molecule has 1 spiro atoms. The number of carboxylic acid groups (broad SMARTS) is 1. The van der Waals surface area contributed by atoms with Crippen molar-refractivity contribution in [1.82, 2.24) is 24.5 Å². The first-order valence-corrected chi connectivity index (χ1v) is 18.6. The number of amides is 2. The molecule has 0 radical (unpaired) electrons. The van der Waals surface area contributed by atoms with Gasteiger partial charge in [0, 0.05) is 64.1 Å². The average Bonchev–Trinajstić information content (AvgIpc) is 3.60. The number of unbranched alkanes of at least 4 members (excludes halogenated alkanes) is 1. The number of para-hydroxylation sites is 1. The molecule has 4 fully saturated rings. The van der Waals surface area contributed by atoms with Crippen LogP contribution >= 0.6 is 0 Å². The number of halogens is 6. The van der Waals surface area contributed by atoms with Crippen LogP contribution in [0.5, 0.6) is 0 Å². The summed E-state index contributed by atoms with van der Waals surface area (Å²) < 4.78 is 81.5. The topological polar surface area (TPSA) is 108 Å². The molecular formula is C37H49F6N5O5. The quantitative estimate of drug-likeness (QED) is 0.274. The smallest absolute Gasteiger partial charge is 0.475 e. The highest BCUT2D eigenvalue weighted by Gasteiger charge is 2.50. The fraction of sp³-hybridized carbons (Fsp3) is 0.676. The van der Waals surface area contributed by atoms with Gasteiger partial charge in [0.25, 0.3) is 5.91 Å². The van der Waals surface area contributed by atoms with E-state index in [4.69, 9.17) is 14.6 Å². The molecule has 294 valence electrons. The van der Waals surface area contributed by atoms with E-state index in [0.717, 1.165) is 69.2 Å². The van der Waals surface area contributed by atoms with Crippen molar-refractivity contribution in [2.24, 2.45) is 11.8 Å². The van der Waals surface area contributed by atoms with Gasteiger partial charge in [-0.3, -0.25) is 9.69 Å². The molecule has 1 aromatic heterocycles. The number of piperidine rings is 2. The Balaban J connectivity index is 0.000000705. The molecule has 4 heterocycles. The SMILES string of the molecule is CCCCC1CN(CC2CCCCC2)C(=O)OC12CCN(C1CCN(C(=O)c3cnn(-c4ccccc4)c3C(F)(F)F)CC1)CC2.O=C(O)C(F)(F)F. The normalized spacial score (nSPS) is 21.9. The van der Waals surface area contributed by atoms with Gasteiger partial charge in [-0.25, -0.2) is 14.3 Å². The molecule has 3 aliphatic heterocycles. The molecule has 1 N–H and O–H groups in total. The highest BCUT2D eigenvalue weighted by molar-refractivity contribution is 5.95. The molecule has 6 rings (SSSR count). The number of benzene rings is 1. The Bertz CT molecular complexity index is 1530. The second kappa shape index (κ2) is 17.1. The van der Waals surface area contributed by atoms with E-state index < -0.39 is 41.1 Å². The van der Waals surface area contributed by atoms with Gasteiger partial charge >= 0.3 is 24.4 Å². The highest BCUT2D eigenvalue weighted by Crippen LogP contribution is 2.42. The lowest BCUT2D eigenvalue weighted by Crippen LogP contribution is -2.61. The molecule has 1 aliphatic carbocycles. The first-order chi connectivity index (χ1) is 25.1. The van der Waals surface area contributed by atoms with Gasteiger partial charge in [0.1, 0.15) is 5.60 Å². The number of hydrogen-bond acceptors (Lipinski definition) is 6. The molecule has 0 bridgehead atoms. The minimum atomic E-state index is -5.08. The summed E-state index contributed by atoms with van der Waals surface area (Å²) in [6.45, 7) is 6.24. The second-order valence-electron chi connectivity index (χ2n) is 14.7. The summed E-state index contributed by atoms with van der Waals surface area (Å²) in [6, 6.07) is 8.32. The maximum Gasteiger partial charge on any atom is 0.490 e. The van der Waals surface area contributed by atoms with Crippen LogP contribution in [0.1, 0.15) is 100 Å². The molecular weight excluding hydrogens is 708 g/mol. The van der Waals surface area contributed by atoms with Crippen molar-refractivity contribution in [3.05, 3.63) is 47.8 Å². The van der Waals surface area contributed by atoms with Gasteiger partial charge in [-0.05, 0) is 50.2 Å². The Hall–Kier alpha value is -3.82. The number of aromatic nitrogens is 2. The number of aliphatic carboxylic acids is 1. The maximum absolute atomic E-state index is 14.2. The number of nitrogens with zero attached hydrogens (tertiary/aromatic N) is 5. The van der Waals surface area contributed by atoms with Crippen LogP contribution in [-0.2, 0) is 15.7 Å². The molecule has 1 saturated carbocycles. The van der Waals surface area contributed by atoms with Crippen molar-refractivity contribution in [3.8, 4) is 5.69 Å². The predicted molar refractivity (Wildman–Crippen MR) is 182 cm³/mol. The molecule has 1 atom stereocenters. The van der Waals surface area contributed by atoms with Crippen molar-refractivity contribution < 1.29 is 50.6 Å². The van der Waals surface area contributed by atoms with Gasteiger partial charge in [0.05, 0.1) is 17.4 Å². The van der Waals surface area contributed by atoms with Crippen molar-refractivity contribution in [1.29, 1.82) is 0 Å². The second-order valence-corrected chi connectivity index (χ2v) is 14.7. The monoisotopic (exact) mass is 757 g/mol. The van der Waals surface area contributed by atoms with Crippen LogP contribution in [0.3, 0.4) is 0 Å². The van der Waals surface area contributed by atoms with Crippen molar-refractivity contribution in [3.63, 3.8) is 0 Å². The molecule has 4 aliphatic rings. The molecule has 2 aromatic rings. The van der Waals surface area contributed by atoms with Gasteiger partial charge in [-0.15, -0.1) is 0 Å². The first-order valence-electron chi connectivity index (χ1n) is 18.6. The van der Waals surface area contributed by atoms with Crippen LogP contribution in [0, 0.1) is 11.8 Å². The first kappa shape index (κ1) is 40.4. The summed E-state index contributed by atoms with van der Waals surface area (Å²) in [4.78, 5) is 41.6. The van der Waals surface area contributed by atoms with E-state index in [9.17, 15) is 35.9 Å². The Morgan fingerprint density at radius 2 is 1.57 bits per heavy atom. The zero-order valence-electron chi connectivity index (χ0n) is 30.0. The number of carbonyl (C=O) groups is 3. The number of ether oxygens (including phenoxy) is 1. The number of alkyl halides is 6. The van der Waals surface area contributed by atoms with Crippen LogP contribution < -0.4 is 0 Å². The molecule has 2 amide bonds. The lowest BCUT2D eigenvalue weighted by molar-refractivity contribution is -0.192. The number of likely N-dealkylation sites (tertiary alicyclic amines) is 2. The molecule has 10 nitrogen and oxygen atoms in total. The maximum atomic E-state index is 14.2. The zero-order valence-corrected chi connectivity index (χ0v) is 30.0. The average molecular weight is 758 g/mol. The molecule has 3 saturated heterocycles. The van der Waals surface area contributed by atoms with Gasteiger partial charge < -0.3 is 19.6 Å². The summed E-state index contributed by atoms with van der Waals surface area (Å²) in [5.41, 5.74) is -1.61. The van der Waals surface area contributed by atoms with Crippen LogP contribution in [0.25, 0.3) is 5.69 Å². The third kappa shape index (κ3) is 9.84. The summed E-state index contributed by atoms with van der Waals surface area (Å²) in [5, 5.41) is 11.1. The third-order valence-electron chi connectivity index (χ3n) is 11.3. The number of carbonyl (C=O) groups excluding carboxylic acids is 2. The summed E-state index contributed by atoms with van der Waals surface area (Å²) in [5.74, 6) is -2.47. The Morgan fingerprint density at radius 1 is 0.943 bits per heavy atom. The zero-order chi connectivity index (χ0) is 38.4. The summed E-state index contributed by atoms with van der Waals surface area (Å²) >= 11 is 0. The van der Waals surface area contributed by atoms with Crippen LogP contribution in [0.15, 0.2) is 36.5 Å². The number of hydrogen-bond donors (Lipinski definition) is 1. The van der Waals surface area contributed by atoms with E-state index in [1.54, 1.807) is 30.3 Å². The molecule has 16 heteroatoms. The van der Waals surface area contributed by atoms with Crippen LogP contribution in [0.2, 0.25) is 0 Å². The highest BCUT2D eigenvalue weighted by atomic mass is 19.4. The van der Waals surface area contributed by atoms with Crippen LogP contribution in [0.4, 0.5) is 31.1 Å². The van der Waals surface area contributed by atoms with Gasteiger partial charge in [-0.1, -0.05) is 57.2 Å². The predicted octanol–water partition coefficient (Wildman–Crippen LogP) is 7.80. The summed E-state index contributed by atoms with van der Waals surface area (Å²) in [7, 11) is 0. The van der Waals surface area contributed by atoms with E-state index >= 15 is 0 Å². The van der Waals surface area contributed by atoms with Crippen molar-refractivity contribution in [2.45, 2.75) is 108 Å². The molecule has 1 aromatic carbocycles. The van der Waals surface area contributed by atoms with E-state index in [-0.39, 0.29) is 17.8 Å². The number of rotatable bonds is 8. The molecule has 1 unspecified atom stereocenters.